The van der Waals surface area contributed by atoms with Crippen LogP contribution in [0.3, 0.4) is 0 Å². The van der Waals surface area contributed by atoms with Gasteiger partial charge in [-0.05, 0) is 25.0 Å². The van der Waals surface area contributed by atoms with Gasteiger partial charge in [0.15, 0.2) is 0 Å². The second kappa shape index (κ2) is 3.83. The summed E-state index contributed by atoms with van der Waals surface area (Å²) in [5.74, 6) is 0. The smallest absolute Gasteiger partial charge is 0.114 e. The zero-order valence-electron chi connectivity index (χ0n) is 8.98. The molecule has 0 atom stereocenters. The van der Waals surface area contributed by atoms with Crippen molar-refractivity contribution in [2.45, 2.75) is 18.3 Å². The summed E-state index contributed by atoms with van der Waals surface area (Å²) in [6, 6.07) is 9.98. The molecule has 0 aliphatic heterocycles. The summed E-state index contributed by atoms with van der Waals surface area (Å²) in [6.45, 7) is 0. The Hall–Kier alpha value is -1.37. The Morgan fingerprint density at radius 2 is 2.00 bits per heavy atom. The van der Waals surface area contributed by atoms with Gasteiger partial charge in [-0.2, -0.15) is 5.26 Å². The summed E-state index contributed by atoms with van der Waals surface area (Å²) in [5.41, 5.74) is 1.70. The van der Waals surface area contributed by atoms with Crippen LogP contribution in [0.25, 0.3) is 11.3 Å². The molecule has 84 valence electrons. The fraction of sp³-hybridized carbons (Fsp3) is 0.231. The Bertz CT molecular complexity index is 591. The molecule has 1 saturated carbocycles. The number of benzene rings is 1. The van der Waals surface area contributed by atoms with Crippen LogP contribution < -0.4 is 0 Å². The van der Waals surface area contributed by atoms with Gasteiger partial charge in [-0.25, -0.2) is 4.98 Å². The monoisotopic (exact) mass is 260 g/mol. The standard InChI is InChI=1S/C13H9ClN2S/c14-10-3-1-9(2-4-10)11-7-17-12(16-11)13(8-15)5-6-13/h1-4,7H,5-6H2. The van der Waals surface area contributed by atoms with E-state index in [9.17, 15) is 0 Å². The zero-order chi connectivity index (χ0) is 11.9. The lowest BCUT2D eigenvalue weighted by atomic mass is 10.1. The summed E-state index contributed by atoms with van der Waals surface area (Å²) < 4.78 is 0. The van der Waals surface area contributed by atoms with E-state index in [-0.39, 0.29) is 5.41 Å². The van der Waals surface area contributed by atoms with Gasteiger partial charge in [-0.15, -0.1) is 11.3 Å². The van der Waals surface area contributed by atoms with Crippen molar-refractivity contribution in [3.05, 3.63) is 39.7 Å². The molecule has 4 heteroatoms. The maximum absolute atomic E-state index is 9.13. The highest BCUT2D eigenvalue weighted by atomic mass is 35.5. The van der Waals surface area contributed by atoms with Crippen molar-refractivity contribution < 1.29 is 0 Å². The number of hydrogen-bond donors (Lipinski definition) is 0. The maximum atomic E-state index is 9.13. The lowest BCUT2D eigenvalue weighted by Crippen LogP contribution is -2.01. The molecule has 0 amide bonds. The van der Waals surface area contributed by atoms with Crippen LogP contribution in [0.15, 0.2) is 29.6 Å². The summed E-state index contributed by atoms with van der Waals surface area (Å²) in [4.78, 5) is 4.57. The lowest BCUT2D eigenvalue weighted by molar-refractivity contribution is 0.891. The number of nitriles is 1. The minimum atomic E-state index is -0.282. The average Bonchev–Trinajstić information content (AvgIpc) is 3.00. The van der Waals surface area contributed by atoms with Crippen LogP contribution in [0.2, 0.25) is 5.02 Å². The van der Waals surface area contributed by atoms with Gasteiger partial charge in [0, 0.05) is 16.0 Å². The third-order valence-electron chi connectivity index (χ3n) is 3.02. The first-order valence-electron chi connectivity index (χ1n) is 5.37. The van der Waals surface area contributed by atoms with Crippen LogP contribution in [-0.2, 0) is 5.41 Å². The quantitative estimate of drug-likeness (QED) is 0.818. The summed E-state index contributed by atoms with van der Waals surface area (Å²) in [7, 11) is 0. The van der Waals surface area contributed by atoms with E-state index in [2.05, 4.69) is 11.1 Å². The van der Waals surface area contributed by atoms with Gasteiger partial charge in [-0.3, -0.25) is 0 Å². The molecule has 0 spiro atoms. The lowest BCUT2D eigenvalue weighted by Gasteiger charge is -1.99. The minimum absolute atomic E-state index is 0.282. The predicted molar refractivity (Wildman–Crippen MR) is 69.1 cm³/mol. The molecule has 0 radical (unpaired) electrons. The molecule has 2 aromatic rings. The van der Waals surface area contributed by atoms with Gasteiger partial charge in [0.2, 0.25) is 0 Å². The van der Waals surface area contributed by atoms with E-state index in [0.29, 0.717) is 0 Å². The molecule has 0 bridgehead atoms. The highest BCUT2D eigenvalue weighted by molar-refractivity contribution is 7.10. The fourth-order valence-corrected chi connectivity index (χ4v) is 2.91. The Kier molecular flexibility index (Phi) is 2.43. The van der Waals surface area contributed by atoms with Crippen LogP contribution in [0.1, 0.15) is 17.8 Å². The number of rotatable bonds is 2. The van der Waals surface area contributed by atoms with E-state index < -0.39 is 0 Å². The molecule has 3 rings (SSSR count). The topological polar surface area (TPSA) is 36.7 Å². The first kappa shape index (κ1) is 10.8. The van der Waals surface area contributed by atoms with Crippen molar-refractivity contribution in [1.29, 1.82) is 5.26 Å². The fourth-order valence-electron chi connectivity index (χ4n) is 1.75. The normalized spacial score (nSPS) is 16.5. The van der Waals surface area contributed by atoms with Gasteiger partial charge in [0.25, 0.3) is 0 Å². The molecular weight excluding hydrogens is 252 g/mol. The van der Waals surface area contributed by atoms with Crippen LogP contribution in [0.4, 0.5) is 0 Å². The van der Waals surface area contributed by atoms with Crippen molar-refractivity contribution in [2.24, 2.45) is 0 Å². The number of hydrogen-bond acceptors (Lipinski definition) is 3. The third kappa shape index (κ3) is 1.84. The highest BCUT2D eigenvalue weighted by Gasteiger charge is 2.47. The third-order valence-corrected chi connectivity index (χ3v) is 4.32. The van der Waals surface area contributed by atoms with Crippen molar-refractivity contribution in [3.63, 3.8) is 0 Å². The average molecular weight is 261 g/mol. The van der Waals surface area contributed by atoms with Gasteiger partial charge in [0.1, 0.15) is 10.4 Å². The molecule has 0 saturated heterocycles. The molecule has 1 aromatic carbocycles. The van der Waals surface area contributed by atoms with Crippen LogP contribution in [0.5, 0.6) is 0 Å². The molecule has 1 aliphatic rings. The maximum Gasteiger partial charge on any atom is 0.114 e. The number of thiazole rings is 1. The molecule has 1 heterocycles. The number of aromatic nitrogens is 1. The van der Waals surface area contributed by atoms with E-state index >= 15 is 0 Å². The largest absolute Gasteiger partial charge is 0.240 e. The summed E-state index contributed by atoms with van der Waals surface area (Å²) in [5, 5.41) is 12.8. The molecule has 0 N–H and O–H groups in total. The van der Waals surface area contributed by atoms with E-state index in [0.717, 1.165) is 34.1 Å². The first-order valence-corrected chi connectivity index (χ1v) is 6.62. The molecule has 0 unspecified atom stereocenters. The van der Waals surface area contributed by atoms with Crippen molar-refractivity contribution in [1.82, 2.24) is 4.98 Å². The van der Waals surface area contributed by atoms with Crippen molar-refractivity contribution in [3.8, 4) is 17.3 Å². The highest BCUT2D eigenvalue weighted by Crippen LogP contribution is 2.49. The van der Waals surface area contributed by atoms with E-state index in [1.807, 2.05) is 29.6 Å². The molecule has 1 aliphatic carbocycles. The number of halogens is 1. The molecule has 1 aromatic heterocycles. The zero-order valence-corrected chi connectivity index (χ0v) is 10.6. The van der Waals surface area contributed by atoms with E-state index in [4.69, 9.17) is 16.9 Å². The van der Waals surface area contributed by atoms with Crippen molar-refractivity contribution >= 4 is 22.9 Å². The minimum Gasteiger partial charge on any atom is -0.240 e. The van der Waals surface area contributed by atoms with Crippen LogP contribution in [0, 0.1) is 11.3 Å². The van der Waals surface area contributed by atoms with E-state index in [1.54, 1.807) is 11.3 Å². The molecule has 2 nitrogen and oxygen atoms in total. The van der Waals surface area contributed by atoms with Crippen LogP contribution in [-0.4, -0.2) is 4.98 Å². The molecular formula is C13H9ClN2S. The summed E-state index contributed by atoms with van der Waals surface area (Å²) in [6.07, 6.45) is 1.88. The Morgan fingerprint density at radius 1 is 1.29 bits per heavy atom. The van der Waals surface area contributed by atoms with Crippen molar-refractivity contribution in [2.75, 3.05) is 0 Å². The van der Waals surface area contributed by atoms with Gasteiger partial charge in [-0.1, -0.05) is 23.7 Å². The Balaban J connectivity index is 1.96. The van der Waals surface area contributed by atoms with Gasteiger partial charge < -0.3 is 0 Å². The number of nitrogens with zero attached hydrogens (tertiary/aromatic N) is 2. The molecule has 17 heavy (non-hydrogen) atoms. The Morgan fingerprint density at radius 3 is 2.59 bits per heavy atom. The Labute approximate surface area is 108 Å². The van der Waals surface area contributed by atoms with Crippen LogP contribution >= 0.6 is 22.9 Å². The predicted octanol–water partition coefficient (Wildman–Crippen LogP) is 4.02. The van der Waals surface area contributed by atoms with Gasteiger partial charge in [0.05, 0.1) is 11.8 Å². The van der Waals surface area contributed by atoms with E-state index in [1.165, 1.54) is 0 Å². The summed E-state index contributed by atoms with van der Waals surface area (Å²) >= 11 is 7.42. The van der Waals surface area contributed by atoms with Gasteiger partial charge >= 0.3 is 0 Å². The first-order chi connectivity index (χ1) is 8.23. The SMILES string of the molecule is N#CC1(c2nc(-c3ccc(Cl)cc3)cs2)CC1. The molecule has 1 fully saturated rings. The second-order valence-corrected chi connectivity index (χ2v) is 5.53. The second-order valence-electron chi connectivity index (χ2n) is 4.24.